The Balaban J connectivity index is 1.19. The first-order chi connectivity index (χ1) is 35.0. The Hall–Kier alpha value is -8.32. The van der Waals surface area contributed by atoms with Crippen LogP contribution in [0.1, 0.15) is 44.5 Å². The average Bonchev–Trinajstić information content (AvgIpc) is 3.97. The highest BCUT2D eigenvalue weighted by atomic mass is 14.3. The van der Waals surface area contributed by atoms with E-state index in [0.29, 0.717) is 0 Å². The van der Waals surface area contributed by atoms with Crippen molar-refractivity contribution in [2.24, 2.45) is 0 Å². The molecule has 0 heteroatoms. The fourth-order valence-corrected chi connectivity index (χ4v) is 14.3. The molecule has 14 aromatic rings. The van der Waals surface area contributed by atoms with Crippen molar-refractivity contribution >= 4 is 86.2 Å². The zero-order chi connectivity index (χ0) is 48.6. The molecule has 0 aliphatic heterocycles. The van der Waals surface area contributed by atoms with Crippen molar-refractivity contribution in [1.29, 1.82) is 0 Å². The molecule has 0 amide bonds. The molecule has 0 saturated heterocycles. The molecule has 0 atom stereocenters. The Bertz CT molecular complexity index is 4600. The Morgan fingerprint density at radius 2 is 0.556 bits per heavy atom. The van der Waals surface area contributed by atoms with Crippen LogP contribution >= 0.6 is 0 Å². The summed E-state index contributed by atoms with van der Waals surface area (Å²) in [6.07, 6.45) is 0. The van der Waals surface area contributed by atoms with Crippen LogP contribution in [0.5, 0.6) is 0 Å². The van der Waals surface area contributed by atoms with E-state index >= 15 is 0 Å². The molecular weight excluding hydrogens is 865 g/mol. The van der Waals surface area contributed by atoms with Crippen LogP contribution in [0.15, 0.2) is 170 Å². The smallest absolute Gasteiger partial charge is 0.000740 e. The van der Waals surface area contributed by atoms with Gasteiger partial charge in [0.05, 0.1) is 0 Å². The van der Waals surface area contributed by atoms with Crippen molar-refractivity contribution in [3.8, 4) is 44.5 Å². The van der Waals surface area contributed by atoms with Gasteiger partial charge in [0, 0.05) is 0 Å². The first-order valence-electron chi connectivity index (χ1n) is 25.7. The van der Waals surface area contributed by atoms with Crippen LogP contribution in [0.2, 0.25) is 0 Å². The molecule has 14 aromatic carbocycles. The summed E-state index contributed by atoms with van der Waals surface area (Å²) in [6.45, 7) is 18.0. The van der Waals surface area contributed by atoms with E-state index < -0.39 is 0 Å². The lowest BCUT2D eigenvalue weighted by Gasteiger charge is -2.18. The van der Waals surface area contributed by atoms with Crippen molar-refractivity contribution in [1.82, 2.24) is 0 Å². The Morgan fingerprint density at radius 3 is 0.931 bits per heavy atom. The number of hydrogen-bond donors (Lipinski definition) is 0. The Labute approximate surface area is 419 Å². The van der Waals surface area contributed by atoms with E-state index in [1.807, 2.05) is 0 Å². The van der Waals surface area contributed by atoms with Crippen molar-refractivity contribution < 1.29 is 0 Å². The topological polar surface area (TPSA) is 0 Å². The highest BCUT2D eigenvalue weighted by Gasteiger charge is 2.27. The van der Waals surface area contributed by atoms with Crippen LogP contribution in [0.4, 0.5) is 0 Å². The molecular formula is C72H52. The number of rotatable bonds is 4. The monoisotopic (exact) mass is 916 g/mol. The summed E-state index contributed by atoms with van der Waals surface area (Å²) in [5.41, 5.74) is 20.7. The van der Waals surface area contributed by atoms with E-state index in [9.17, 15) is 0 Å². The number of hydrogen-bond acceptors (Lipinski definition) is 0. The summed E-state index contributed by atoms with van der Waals surface area (Å²) in [6, 6.07) is 66.7. The molecule has 0 unspecified atom stereocenters. The molecule has 1 aliphatic carbocycles. The molecule has 0 spiro atoms. The zero-order valence-corrected chi connectivity index (χ0v) is 42.2. The van der Waals surface area contributed by atoms with E-state index in [2.05, 4.69) is 225 Å². The fraction of sp³-hybridized carbons (Fsp3) is 0.111. The maximum atomic E-state index is 2.60. The number of aryl methyl sites for hydroxylation is 8. The summed E-state index contributed by atoms with van der Waals surface area (Å²) < 4.78 is 0. The summed E-state index contributed by atoms with van der Waals surface area (Å²) in [5, 5.41) is 26.6. The third kappa shape index (κ3) is 5.64. The largest absolute Gasteiger partial charge is 0.0616 e. The van der Waals surface area contributed by atoms with Gasteiger partial charge in [0.2, 0.25) is 0 Å². The SMILES string of the molecule is Cc1cc(C)cc(-c2c3c(c(-c4cc(C)cc(C)c4)c4ccccc24)=c2ccc4c5cc6c(-c7cc(C)cc(C)c7)c7c8cccc9cccc(c7c(-c7cc(C)cc(C)c7)c6cc5c5ccc=3c2c54)c98)c1. The molecule has 0 heterocycles. The quantitative estimate of drug-likeness (QED) is 0.165. The highest BCUT2D eigenvalue weighted by molar-refractivity contribution is 6.42. The molecule has 0 fully saturated rings. The lowest BCUT2D eigenvalue weighted by atomic mass is 9.84. The second-order valence-electron chi connectivity index (χ2n) is 21.8. The normalized spacial score (nSPS) is 12.4. The third-order valence-corrected chi connectivity index (χ3v) is 16.4. The first kappa shape index (κ1) is 41.5. The minimum Gasteiger partial charge on any atom is -0.0616 e. The van der Waals surface area contributed by atoms with Gasteiger partial charge in [0.15, 0.2) is 0 Å². The molecule has 15 rings (SSSR count). The summed E-state index contributed by atoms with van der Waals surface area (Å²) >= 11 is 0. The van der Waals surface area contributed by atoms with Crippen LogP contribution in [-0.2, 0) is 0 Å². The molecule has 340 valence electrons. The van der Waals surface area contributed by atoms with Gasteiger partial charge >= 0.3 is 0 Å². The van der Waals surface area contributed by atoms with Crippen LogP contribution in [0.3, 0.4) is 0 Å². The van der Waals surface area contributed by atoms with Gasteiger partial charge in [-0.05, 0) is 219 Å². The van der Waals surface area contributed by atoms with Gasteiger partial charge in [-0.2, -0.15) is 0 Å². The molecule has 0 radical (unpaired) electrons. The van der Waals surface area contributed by atoms with E-state index in [0.717, 1.165) is 0 Å². The molecule has 72 heavy (non-hydrogen) atoms. The molecule has 0 aromatic heterocycles. The standard InChI is InChI=1S/C72H52/c1-37-23-38(2)28-46(27-37)63-50-15-9-10-16-51(50)64(47-29-39(3)24-40(4)30-47)72-57-22-20-53-59-36-61-60(35-58(59)52-19-21-56(71(63)72)68(57)67(52)53)65(48-31-41(5)25-42(6)32-48)69-54-17-11-13-45-14-12-18-55(62(45)54)70(69)66(61)49-33-43(7)26-44(8)34-49/h9-36H,1-8H3. The van der Waals surface area contributed by atoms with Gasteiger partial charge in [-0.25, -0.2) is 0 Å². The first-order valence-corrected chi connectivity index (χ1v) is 25.7. The lowest BCUT2D eigenvalue weighted by molar-refractivity contribution is 1.37. The van der Waals surface area contributed by atoms with Gasteiger partial charge < -0.3 is 0 Å². The molecule has 1 aliphatic rings. The van der Waals surface area contributed by atoms with E-state index in [1.54, 1.807) is 0 Å². The second kappa shape index (κ2) is 14.6. The minimum atomic E-state index is 1.28. The predicted molar refractivity (Wildman–Crippen MR) is 310 cm³/mol. The summed E-state index contributed by atoms with van der Waals surface area (Å²) in [4.78, 5) is 0. The maximum absolute atomic E-state index is 2.60. The predicted octanol–water partition coefficient (Wildman–Crippen LogP) is 19.8. The van der Waals surface area contributed by atoms with Gasteiger partial charge in [-0.1, -0.05) is 202 Å². The van der Waals surface area contributed by atoms with Gasteiger partial charge in [-0.3, -0.25) is 0 Å². The number of benzene rings is 12. The summed E-state index contributed by atoms with van der Waals surface area (Å²) in [5.74, 6) is 0. The maximum Gasteiger partial charge on any atom is -0.000740 e. The van der Waals surface area contributed by atoms with E-state index in [1.165, 1.54) is 196 Å². The van der Waals surface area contributed by atoms with Crippen molar-refractivity contribution in [3.63, 3.8) is 0 Å². The van der Waals surface area contributed by atoms with Gasteiger partial charge in [0.25, 0.3) is 0 Å². The van der Waals surface area contributed by atoms with Crippen molar-refractivity contribution in [2.75, 3.05) is 0 Å². The minimum absolute atomic E-state index is 1.28. The molecule has 0 bridgehead atoms. The average molecular weight is 917 g/mol. The van der Waals surface area contributed by atoms with Crippen LogP contribution in [0, 0.1) is 76.3 Å². The van der Waals surface area contributed by atoms with Crippen LogP contribution in [-0.4, -0.2) is 0 Å². The number of fused-ring (bicyclic) bond motifs is 9. The Kier molecular flexibility index (Phi) is 8.42. The van der Waals surface area contributed by atoms with E-state index in [4.69, 9.17) is 0 Å². The van der Waals surface area contributed by atoms with Crippen molar-refractivity contribution in [3.05, 3.63) is 235 Å². The summed E-state index contributed by atoms with van der Waals surface area (Å²) in [7, 11) is 0. The van der Waals surface area contributed by atoms with Crippen LogP contribution < -0.4 is 0 Å². The van der Waals surface area contributed by atoms with Gasteiger partial charge in [0.1, 0.15) is 0 Å². The van der Waals surface area contributed by atoms with Gasteiger partial charge in [-0.15, -0.1) is 0 Å². The Morgan fingerprint density at radius 1 is 0.208 bits per heavy atom. The lowest BCUT2D eigenvalue weighted by Crippen LogP contribution is -1.94. The molecule has 0 saturated carbocycles. The third-order valence-electron chi connectivity index (χ3n) is 16.4. The van der Waals surface area contributed by atoms with Crippen molar-refractivity contribution in [2.45, 2.75) is 55.4 Å². The zero-order valence-electron chi connectivity index (χ0n) is 42.2. The fourth-order valence-electron chi connectivity index (χ4n) is 14.3. The second-order valence-corrected chi connectivity index (χ2v) is 21.8. The highest BCUT2D eigenvalue weighted by Crippen LogP contribution is 2.54. The molecule has 0 N–H and O–H groups in total. The van der Waals surface area contributed by atoms with Crippen LogP contribution in [0.25, 0.3) is 131 Å². The molecule has 0 nitrogen and oxygen atoms in total. The van der Waals surface area contributed by atoms with E-state index in [-0.39, 0.29) is 0 Å².